The molecule has 4 aliphatic heterocycles. The lowest BCUT2D eigenvalue weighted by Gasteiger charge is -2.44. The van der Waals surface area contributed by atoms with Gasteiger partial charge in [0.05, 0.1) is 110 Å². The molecule has 6 aromatic rings. The summed E-state index contributed by atoms with van der Waals surface area (Å²) in [6.07, 6.45) is 17.0. The van der Waals surface area contributed by atoms with E-state index < -0.39 is 32.7 Å². The molecule has 2 spiro atoms. The summed E-state index contributed by atoms with van der Waals surface area (Å²) in [4.78, 5) is 37.0. The maximum absolute atomic E-state index is 14.2. The minimum Gasteiger partial charge on any atom is -0.493 e. The van der Waals surface area contributed by atoms with Crippen LogP contribution < -0.4 is 39.1 Å². The van der Waals surface area contributed by atoms with Gasteiger partial charge in [-0.3, -0.25) is 8.42 Å². The van der Waals surface area contributed by atoms with Crippen molar-refractivity contribution in [3.05, 3.63) is 174 Å². The van der Waals surface area contributed by atoms with Gasteiger partial charge < -0.3 is 68.1 Å². The van der Waals surface area contributed by atoms with E-state index >= 15 is 0 Å². The minimum atomic E-state index is -0.910. The molecule has 4 fully saturated rings. The highest BCUT2D eigenvalue weighted by molar-refractivity contribution is 7.85. The molecule has 112 heavy (non-hydrogen) atoms. The van der Waals surface area contributed by atoms with E-state index in [2.05, 4.69) is 56.8 Å². The first-order valence-electron chi connectivity index (χ1n) is 37.4. The Labute approximate surface area is 729 Å². The highest BCUT2D eigenvalue weighted by atomic mass is 35.5. The van der Waals surface area contributed by atoms with E-state index in [9.17, 15) is 18.0 Å². The first kappa shape index (κ1) is 98.5. The minimum absolute atomic E-state index is 0. The third-order valence-electron chi connectivity index (χ3n) is 23.3. The molecule has 2 unspecified atom stereocenters. The molecule has 6 aromatic carbocycles. The standard InChI is InChI=1S/2C41H53Cl2N3O6S.2ClH.4H2S/c2*1-45(39(47)44-32-12-6-5-7-13-32)40(31-15-16-34(42)35(43)25-31,28-52-26-29-23-36(49-2)38(51-4)37(24-29)50-3)17-10-20-46-21-18-41(19-22-46)33-14-9-8-11-30(33)27-53(41)48;;;;;;/h2*8-9,11,14-16,23-25,32H,5-7,10,12-13,17-22,26-28H2,1-4H3,(H,44,47);2*1H;4*1H2/t2*40-,53?;;;;;;/m11....../s1. The lowest BCUT2D eigenvalue weighted by Crippen LogP contribution is -2.55. The van der Waals surface area contributed by atoms with Crippen molar-refractivity contribution < 1.29 is 55.9 Å². The quantitative estimate of drug-likeness (QED) is 0.0474. The van der Waals surface area contributed by atoms with E-state index in [1.807, 2.05) is 84.6 Å². The zero-order valence-electron chi connectivity index (χ0n) is 65.6. The van der Waals surface area contributed by atoms with Crippen molar-refractivity contribution in [3.63, 3.8) is 0 Å². The molecule has 4 atom stereocenters. The number of nitrogens with one attached hydrogen (secondary N) is 2. The number of hydrogen-bond donors (Lipinski definition) is 2. The number of likely N-dealkylation sites (tertiary alicyclic amines) is 2. The van der Waals surface area contributed by atoms with Crippen LogP contribution in [0.3, 0.4) is 0 Å². The Hall–Kier alpha value is -4.06. The van der Waals surface area contributed by atoms with Crippen molar-refractivity contribution in [2.45, 2.75) is 173 Å². The molecular weight excluding hydrogens is 1670 g/mol. The largest absolute Gasteiger partial charge is 0.493 e. The van der Waals surface area contributed by atoms with Crippen molar-refractivity contribution in [1.29, 1.82) is 0 Å². The summed E-state index contributed by atoms with van der Waals surface area (Å²) in [5.41, 5.74) is 6.63. The molecule has 4 heterocycles. The smallest absolute Gasteiger partial charge is 0.318 e. The van der Waals surface area contributed by atoms with Gasteiger partial charge in [0.2, 0.25) is 11.5 Å². The zero-order valence-corrected chi connectivity index (χ0v) is 75.9. The number of methoxy groups -OCH3 is 6. The van der Waals surface area contributed by atoms with Gasteiger partial charge in [-0.05, 0) is 209 Å². The van der Waals surface area contributed by atoms with Crippen molar-refractivity contribution in [2.24, 2.45) is 0 Å². The summed E-state index contributed by atoms with van der Waals surface area (Å²) in [6.45, 7) is 6.03. The third kappa shape index (κ3) is 22.5. The normalized spacial score (nSPS) is 18.6. The number of ether oxygens (including phenoxy) is 8. The number of piperidine rings is 2. The molecule has 12 rings (SSSR count). The number of carbonyl (C=O) groups is 2. The van der Waals surface area contributed by atoms with Gasteiger partial charge >= 0.3 is 12.1 Å². The lowest BCUT2D eigenvalue weighted by molar-refractivity contribution is 0.00178. The van der Waals surface area contributed by atoms with Gasteiger partial charge in [0.1, 0.15) is 0 Å². The molecule has 2 saturated carbocycles. The van der Waals surface area contributed by atoms with Gasteiger partial charge in [-0.25, -0.2) is 9.59 Å². The van der Waals surface area contributed by atoms with Gasteiger partial charge in [0.25, 0.3) is 0 Å². The van der Waals surface area contributed by atoms with E-state index in [1.165, 1.54) is 35.1 Å². The van der Waals surface area contributed by atoms with Crippen molar-refractivity contribution in [3.8, 4) is 34.5 Å². The molecule has 2 aliphatic carbocycles. The van der Waals surface area contributed by atoms with Crippen LogP contribution in [0.15, 0.2) is 109 Å². The fraction of sp³-hybridized carbons (Fsp3) is 0.537. The van der Waals surface area contributed by atoms with Crippen molar-refractivity contribution >= 4 is 159 Å². The van der Waals surface area contributed by atoms with Crippen LogP contribution in [-0.2, 0) is 76.4 Å². The summed E-state index contributed by atoms with van der Waals surface area (Å²) < 4.78 is 73.0. The van der Waals surface area contributed by atoms with E-state index in [0.717, 1.165) is 151 Å². The second kappa shape index (κ2) is 45.8. The maximum Gasteiger partial charge on any atom is 0.318 e. The Morgan fingerprint density at radius 1 is 0.473 bits per heavy atom. The number of halogens is 6. The highest BCUT2D eigenvalue weighted by Gasteiger charge is 2.50. The summed E-state index contributed by atoms with van der Waals surface area (Å²) in [5, 5.41) is 8.41. The number of nitrogens with zero attached hydrogens (tertiary/aromatic N) is 4. The Morgan fingerprint density at radius 2 is 0.804 bits per heavy atom. The molecule has 18 nitrogen and oxygen atoms in total. The van der Waals surface area contributed by atoms with Gasteiger partial charge in [-0.15, -0.1) is 24.8 Å². The Morgan fingerprint density at radius 3 is 1.12 bits per heavy atom. The molecule has 2 saturated heterocycles. The van der Waals surface area contributed by atoms with Crippen LogP contribution in [0.4, 0.5) is 9.59 Å². The Balaban J connectivity index is 0.000000380. The van der Waals surface area contributed by atoms with E-state index in [-0.39, 0.29) is 139 Å². The topological polar surface area (TPSA) is 179 Å². The SMILES string of the molecule is COc1cc(COC[C@](CCCN2CCC3(CC2)c2ccccc2CS3=O)(c2ccc(Cl)c(Cl)c2)N(C)C(=O)NC2CCCCC2)cc(OC)c1OC.COc1cc(COC[C@](CCCN2CCC3(CC2)c2ccccc2CS3=O)(c2ccc(Cl)c(Cl)c2)N(C)C(=O)NC2CCCCC2)cc(OC)c1OC.Cl.Cl.S.S.S.S. The van der Waals surface area contributed by atoms with Gasteiger partial charge in [0.15, 0.2) is 23.0 Å². The van der Waals surface area contributed by atoms with Crippen LogP contribution in [0.5, 0.6) is 34.5 Å². The predicted molar refractivity (Wildman–Crippen MR) is 480 cm³/mol. The first-order chi connectivity index (χ1) is 51.3. The number of fused-ring (bicyclic) bond motifs is 4. The maximum atomic E-state index is 14.2. The van der Waals surface area contributed by atoms with Gasteiger partial charge in [-0.2, -0.15) is 54.0 Å². The number of likely N-dealkylation sites (N-methyl/N-ethyl adjacent to an activating group) is 2. The van der Waals surface area contributed by atoms with E-state index in [4.69, 9.17) is 84.3 Å². The molecule has 2 N–H and O–H groups in total. The fourth-order valence-electron chi connectivity index (χ4n) is 17.1. The number of hydrogen-bond acceptors (Lipinski definition) is 14. The van der Waals surface area contributed by atoms with Crippen LogP contribution in [0.2, 0.25) is 20.1 Å². The number of amides is 4. The second-order valence-corrected chi connectivity index (χ2v) is 34.4. The molecule has 624 valence electrons. The third-order valence-corrected chi connectivity index (χ3v) is 28.9. The van der Waals surface area contributed by atoms with Crippen LogP contribution in [-0.4, -0.2) is 161 Å². The Kier molecular flexibility index (Phi) is 40.3. The van der Waals surface area contributed by atoms with E-state index in [0.29, 0.717) is 78.9 Å². The summed E-state index contributed by atoms with van der Waals surface area (Å²) in [5.74, 6) is 4.47. The van der Waals surface area contributed by atoms with Crippen LogP contribution in [0, 0.1) is 0 Å². The molecule has 4 amide bonds. The number of urea groups is 2. The molecular formula is C82H116Cl6N6O12S6. The summed E-state index contributed by atoms with van der Waals surface area (Å²) >= 11 is 26.3. The van der Waals surface area contributed by atoms with Gasteiger partial charge in [-0.1, -0.05) is 146 Å². The molecule has 30 heteroatoms. The van der Waals surface area contributed by atoms with Crippen molar-refractivity contribution in [2.75, 3.05) is 109 Å². The van der Waals surface area contributed by atoms with E-state index in [1.54, 1.807) is 54.8 Å². The average Bonchev–Trinajstić information content (AvgIpc) is 1.51. The van der Waals surface area contributed by atoms with Crippen LogP contribution in [0.1, 0.15) is 160 Å². The first-order valence-corrected chi connectivity index (χ1v) is 41.5. The summed E-state index contributed by atoms with van der Waals surface area (Å²) in [6, 6.07) is 35.6. The number of benzene rings is 6. The monoisotopic (exact) mass is 1780 g/mol. The molecule has 0 aromatic heterocycles. The average molecular weight is 1780 g/mol. The Bertz CT molecular complexity index is 3760. The van der Waals surface area contributed by atoms with Crippen LogP contribution in [0.25, 0.3) is 0 Å². The van der Waals surface area contributed by atoms with Crippen molar-refractivity contribution in [1.82, 2.24) is 30.2 Å². The molecule has 0 radical (unpaired) electrons. The zero-order chi connectivity index (χ0) is 75.2. The number of rotatable bonds is 28. The summed E-state index contributed by atoms with van der Waals surface area (Å²) in [7, 11) is 11.4. The highest BCUT2D eigenvalue weighted by Crippen LogP contribution is 2.50. The predicted octanol–water partition coefficient (Wildman–Crippen LogP) is 18.2. The number of carbonyl (C=O) groups excluding carboxylic acids is 2. The van der Waals surface area contributed by atoms with Crippen LogP contribution >= 0.6 is 125 Å². The molecule has 0 bridgehead atoms. The molecule has 6 aliphatic rings. The lowest BCUT2D eigenvalue weighted by atomic mass is 9.83. The second-order valence-electron chi connectivity index (χ2n) is 29.2. The van der Waals surface area contributed by atoms with Gasteiger partial charge in [0, 0.05) is 59.3 Å². The fourth-order valence-corrected chi connectivity index (χ4v) is 21.5.